The highest BCUT2D eigenvalue weighted by Crippen LogP contribution is 2.18. The van der Waals surface area contributed by atoms with Crippen molar-refractivity contribution in [3.63, 3.8) is 0 Å². The molecule has 2 aromatic rings. The fraction of sp³-hybridized carbons (Fsp3) is 0.0769. The van der Waals surface area contributed by atoms with Gasteiger partial charge in [0.1, 0.15) is 0 Å². The van der Waals surface area contributed by atoms with Crippen LogP contribution in [-0.4, -0.2) is 10.9 Å². The van der Waals surface area contributed by atoms with Crippen LogP contribution in [0.2, 0.25) is 0 Å². The second-order valence-corrected chi connectivity index (χ2v) is 3.69. The highest BCUT2D eigenvalue weighted by molar-refractivity contribution is 5.88. The predicted molar refractivity (Wildman–Crippen MR) is 66.8 cm³/mol. The number of carbonyl (C=O) groups excluding carboxylic acids is 1. The first-order chi connectivity index (χ1) is 8.15. The molecular weight excluding hydrogens is 216 g/mol. The molecule has 1 aromatic carbocycles. The summed E-state index contributed by atoms with van der Waals surface area (Å²) >= 11 is 0. The molecule has 86 valence electrons. The molecule has 0 aliphatic rings. The summed E-state index contributed by atoms with van der Waals surface area (Å²) in [5, 5.41) is 2.68. The van der Waals surface area contributed by atoms with Gasteiger partial charge in [-0.2, -0.15) is 0 Å². The van der Waals surface area contributed by atoms with Crippen LogP contribution in [0.25, 0.3) is 11.3 Å². The van der Waals surface area contributed by atoms with E-state index in [1.807, 2.05) is 18.2 Å². The van der Waals surface area contributed by atoms with Crippen molar-refractivity contribution in [2.75, 3.05) is 5.32 Å². The number of anilines is 1. The largest absolute Gasteiger partial charge is 0.326 e. The van der Waals surface area contributed by atoms with Crippen LogP contribution >= 0.6 is 0 Å². The molecule has 0 atom stereocenters. The van der Waals surface area contributed by atoms with Gasteiger partial charge in [0, 0.05) is 24.4 Å². The van der Waals surface area contributed by atoms with E-state index in [0.29, 0.717) is 0 Å². The summed E-state index contributed by atoms with van der Waals surface area (Å²) in [6.45, 7) is 1.46. The van der Waals surface area contributed by atoms with Gasteiger partial charge in [0.15, 0.2) is 0 Å². The molecule has 17 heavy (non-hydrogen) atoms. The van der Waals surface area contributed by atoms with Crippen LogP contribution in [0.4, 0.5) is 5.69 Å². The Kier molecular flexibility index (Phi) is 3.05. The quantitative estimate of drug-likeness (QED) is 0.825. The minimum absolute atomic E-state index is 0.106. The number of pyridine rings is 1. The van der Waals surface area contributed by atoms with Crippen molar-refractivity contribution in [1.82, 2.24) is 4.98 Å². The SMILES string of the molecule is CC(=O)Nc1ccc(-c2cccc(=O)[nH]2)cc1. The van der Waals surface area contributed by atoms with Gasteiger partial charge in [-0.1, -0.05) is 18.2 Å². The van der Waals surface area contributed by atoms with Gasteiger partial charge in [-0.15, -0.1) is 0 Å². The van der Waals surface area contributed by atoms with Crippen LogP contribution in [0.5, 0.6) is 0 Å². The lowest BCUT2D eigenvalue weighted by Crippen LogP contribution is -2.05. The van der Waals surface area contributed by atoms with Gasteiger partial charge >= 0.3 is 0 Å². The molecule has 1 heterocycles. The maximum atomic E-state index is 11.2. The number of aromatic nitrogens is 1. The van der Waals surface area contributed by atoms with Gasteiger partial charge in [-0.3, -0.25) is 9.59 Å². The molecule has 0 aliphatic heterocycles. The molecule has 4 nitrogen and oxygen atoms in total. The maximum absolute atomic E-state index is 11.2. The number of hydrogen-bond donors (Lipinski definition) is 2. The maximum Gasteiger partial charge on any atom is 0.248 e. The van der Waals surface area contributed by atoms with Gasteiger partial charge in [0.25, 0.3) is 0 Å². The lowest BCUT2D eigenvalue weighted by molar-refractivity contribution is -0.114. The highest BCUT2D eigenvalue weighted by atomic mass is 16.1. The third-order valence-electron chi connectivity index (χ3n) is 2.28. The minimum atomic E-state index is -0.131. The molecular formula is C13H12N2O2. The second-order valence-electron chi connectivity index (χ2n) is 3.69. The predicted octanol–water partition coefficient (Wildman–Crippen LogP) is 2.00. The zero-order chi connectivity index (χ0) is 12.3. The first-order valence-corrected chi connectivity index (χ1v) is 5.22. The number of nitrogens with one attached hydrogen (secondary N) is 2. The molecule has 2 N–H and O–H groups in total. The van der Waals surface area contributed by atoms with E-state index in [-0.39, 0.29) is 11.5 Å². The zero-order valence-corrected chi connectivity index (χ0v) is 9.36. The lowest BCUT2D eigenvalue weighted by Gasteiger charge is -2.04. The third-order valence-corrected chi connectivity index (χ3v) is 2.28. The van der Waals surface area contributed by atoms with Crippen LogP contribution in [0.3, 0.4) is 0 Å². The summed E-state index contributed by atoms with van der Waals surface area (Å²) < 4.78 is 0. The first-order valence-electron chi connectivity index (χ1n) is 5.22. The number of amides is 1. The Morgan fingerprint density at radius 3 is 2.41 bits per heavy atom. The van der Waals surface area contributed by atoms with Crippen molar-refractivity contribution in [3.05, 3.63) is 52.8 Å². The van der Waals surface area contributed by atoms with Gasteiger partial charge in [-0.25, -0.2) is 0 Å². The number of H-pyrrole nitrogens is 1. The minimum Gasteiger partial charge on any atom is -0.326 e. The molecule has 0 spiro atoms. The van der Waals surface area contributed by atoms with Gasteiger partial charge in [0.05, 0.1) is 0 Å². The standard InChI is InChI=1S/C13H12N2O2/c1-9(16)14-11-7-5-10(6-8-11)12-3-2-4-13(17)15-12/h2-8H,1H3,(H,14,16)(H,15,17). The van der Waals surface area contributed by atoms with Crippen molar-refractivity contribution in [2.24, 2.45) is 0 Å². The van der Waals surface area contributed by atoms with E-state index in [0.717, 1.165) is 16.9 Å². The third kappa shape index (κ3) is 2.81. The Morgan fingerprint density at radius 2 is 1.82 bits per heavy atom. The van der Waals surface area contributed by atoms with Crippen molar-refractivity contribution in [1.29, 1.82) is 0 Å². The van der Waals surface area contributed by atoms with E-state index in [9.17, 15) is 9.59 Å². The molecule has 2 rings (SSSR count). The summed E-state index contributed by atoms with van der Waals surface area (Å²) in [5.74, 6) is -0.106. The monoisotopic (exact) mass is 228 g/mol. The number of benzene rings is 1. The Balaban J connectivity index is 2.29. The smallest absolute Gasteiger partial charge is 0.248 e. The average Bonchev–Trinajstić information content (AvgIpc) is 2.29. The van der Waals surface area contributed by atoms with Crippen LogP contribution in [-0.2, 0) is 4.79 Å². The molecule has 0 radical (unpaired) electrons. The van der Waals surface area contributed by atoms with E-state index in [2.05, 4.69) is 10.3 Å². The molecule has 4 heteroatoms. The topological polar surface area (TPSA) is 62.0 Å². The summed E-state index contributed by atoms with van der Waals surface area (Å²) in [7, 11) is 0. The van der Waals surface area contributed by atoms with Crippen LogP contribution < -0.4 is 10.9 Å². The summed E-state index contributed by atoms with van der Waals surface area (Å²) in [4.78, 5) is 24.8. The van der Waals surface area contributed by atoms with E-state index >= 15 is 0 Å². The molecule has 0 saturated heterocycles. The van der Waals surface area contributed by atoms with Gasteiger partial charge < -0.3 is 10.3 Å². The lowest BCUT2D eigenvalue weighted by atomic mass is 10.1. The second kappa shape index (κ2) is 4.65. The van der Waals surface area contributed by atoms with Gasteiger partial charge in [0.2, 0.25) is 11.5 Å². The molecule has 0 saturated carbocycles. The van der Waals surface area contributed by atoms with E-state index in [4.69, 9.17) is 0 Å². The molecule has 1 aromatic heterocycles. The molecule has 0 aliphatic carbocycles. The summed E-state index contributed by atoms with van der Waals surface area (Å²) in [5.41, 5.74) is 2.26. The van der Waals surface area contributed by atoms with Crippen molar-refractivity contribution in [2.45, 2.75) is 6.92 Å². The fourth-order valence-electron chi connectivity index (χ4n) is 1.55. The Labute approximate surface area is 98.3 Å². The van der Waals surface area contributed by atoms with Crippen LogP contribution in [0.15, 0.2) is 47.3 Å². The normalized spacial score (nSPS) is 9.94. The van der Waals surface area contributed by atoms with E-state index in [1.165, 1.54) is 13.0 Å². The first kappa shape index (κ1) is 11.1. The van der Waals surface area contributed by atoms with Gasteiger partial charge in [-0.05, 0) is 23.8 Å². The van der Waals surface area contributed by atoms with E-state index in [1.54, 1.807) is 18.2 Å². The molecule has 0 fully saturated rings. The molecule has 0 bridgehead atoms. The van der Waals surface area contributed by atoms with Crippen molar-refractivity contribution < 1.29 is 4.79 Å². The number of hydrogen-bond acceptors (Lipinski definition) is 2. The molecule has 0 unspecified atom stereocenters. The highest BCUT2D eigenvalue weighted by Gasteiger charge is 1.99. The Morgan fingerprint density at radius 1 is 1.12 bits per heavy atom. The zero-order valence-electron chi connectivity index (χ0n) is 9.36. The number of carbonyl (C=O) groups is 1. The molecule has 1 amide bonds. The summed E-state index contributed by atoms with van der Waals surface area (Å²) in [6, 6.07) is 12.3. The summed E-state index contributed by atoms with van der Waals surface area (Å²) in [6.07, 6.45) is 0. The number of aromatic amines is 1. The fourth-order valence-corrected chi connectivity index (χ4v) is 1.55. The Hall–Kier alpha value is -2.36. The van der Waals surface area contributed by atoms with Crippen molar-refractivity contribution in [3.8, 4) is 11.3 Å². The van der Waals surface area contributed by atoms with Crippen LogP contribution in [0.1, 0.15) is 6.92 Å². The average molecular weight is 228 g/mol. The Bertz CT molecular complexity index is 585. The van der Waals surface area contributed by atoms with E-state index < -0.39 is 0 Å². The number of rotatable bonds is 2. The van der Waals surface area contributed by atoms with Crippen LogP contribution in [0, 0.1) is 0 Å². The van der Waals surface area contributed by atoms with Crippen molar-refractivity contribution >= 4 is 11.6 Å².